The van der Waals surface area contributed by atoms with Crippen molar-refractivity contribution in [3.8, 4) is 0 Å². The van der Waals surface area contributed by atoms with Gasteiger partial charge in [0.05, 0.1) is 6.61 Å². The first kappa shape index (κ1) is 64.0. The highest BCUT2D eigenvalue weighted by Gasteiger charge is 2.50. The largest absolute Gasteiger partial charge is 0.479 e. The maximum atomic E-state index is 13.1. The summed E-state index contributed by atoms with van der Waals surface area (Å²) in [5, 5.41) is 31.4. The van der Waals surface area contributed by atoms with Crippen molar-refractivity contribution in [2.75, 3.05) is 13.2 Å². The number of carboxylic acid groups (broad SMARTS) is 1. The molecule has 1 aliphatic rings. The molecule has 1 fully saturated rings. The minimum absolute atomic E-state index is 0.0627. The van der Waals surface area contributed by atoms with Gasteiger partial charge in [0.1, 0.15) is 18.8 Å². The molecule has 0 aromatic heterocycles. The smallest absolute Gasteiger partial charge is 0.335 e. The van der Waals surface area contributed by atoms with Crippen LogP contribution in [-0.4, -0.2) is 89.2 Å². The molecular formula is C57H100O12. The van der Waals surface area contributed by atoms with Crippen LogP contribution in [0.15, 0.2) is 36.5 Å². The standard InChI is InChI=1S/C57H100O12/c1-4-7-10-13-16-19-22-25-28-31-34-37-40-43-49(58)65-46-48(67-50(59)44-41-38-35-32-29-26-23-20-17-14-11-8-5-2)47-66-57-55(53(62)52(61)54(69-57)56(63)64)68-51(60)45-42-39-36-33-30-27-24-21-18-15-12-9-6-3/h10,13,19-20,22-23,48,52-55,57,61-62H,4-9,11-12,14-18,21,24-47H2,1-3H3,(H,63,64)/b13-10-,22-19-,23-20-. The molecule has 1 saturated heterocycles. The van der Waals surface area contributed by atoms with Gasteiger partial charge in [-0.1, -0.05) is 198 Å². The van der Waals surface area contributed by atoms with Crippen LogP contribution in [0.5, 0.6) is 0 Å². The van der Waals surface area contributed by atoms with Crippen LogP contribution >= 0.6 is 0 Å². The minimum Gasteiger partial charge on any atom is -0.479 e. The minimum atomic E-state index is -1.90. The number of aliphatic hydroxyl groups excluding tert-OH is 2. The van der Waals surface area contributed by atoms with Gasteiger partial charge in [-0.25, -0.2) is 4.79 Å². The Morgan fingerprint density at radius 1 is 0.478 bits per heavy atom. The van der Waals surface area contributed by atoms with Crippen molar-refractivity contribution in [1.82, 2.24) is 0 Å². The van der Waals surface area contributed by atoms with Gasteiger partial charge >= 0.3 is 23.9 Å². The number of allylic oxidation sites excluding steroid dienone is 6. The van der Waals surface area contributed by atoms with Crippen molar-refractivity contribution in [3.63, 3.8) is 0 Å². The molecule has 0 aliphatic carbocycles. The maximum absolute atomic E-state index is 13.1. The summed E-state index contributed by atoms with van der Waals surface area (Å²) >= 11 is 0. The number of hydrogen-bond donors (Lipinski definition) is 3. The number of aliphatic hydroxyl groups is 2. The van der Waals surface area contributed by atoms with Crippen LogP contribution in [0.3, 0.4) is 0 Å². The first-order valence-corrected chi connectivity index (χ1v) is 28.0. The summed E-state index contributed by atoms with van der Waals surface area (Å²) in [7, 11) is 0. The third-order valence-corrected chi connectivity index (χ3v) is 12.7. The fourth-order valence-electron chi connectivity index (χ4n) is 8.34. The van der Waals surface area contributed by atoms with Crippen molar-refractivity contribution in [2.45, 2.75) is 289 Å². The lowest BCUT2D eigenvalue weighted by Crippen LogP contribution is -2.61. The van der Waals surface area contributed by atoms with Gasteiger partial charge in [-0.05, 0) is 70.6 Å². The van der Waals surface area contributed by atoms with Crippen LogP contribution in [0.25, 0.3) is 0 Å². The Kier molecular flexibility index (Phi) is 42.7. The fraction of sp³-hybridized carbons (Fsp3) is 0.825. The van der Waals surface area contributed by atoms with E-state index in [1.807, 2.05) is 0 Å². The molecule has 6 atom stereocenters. The van der Waals surface area contributed by atoms with Crippen molar-refractivity contribution in [3.05, 3.63) is 36.5 Å². The molecular weight excluding hydrogens is 877 g/mol. The van der Waals surface area contributed by atoms with Crippen LogP contribution in [-0.2, 0) is 42.9 Å². The molecule has 6 unspecified atom stereocenters. The zero-order chi connectivity index (χ0) is 50.4. The summed E-state index contributed by atoms with van der Waals surface area (Å²) in [6.45, 7) is 5.89. The van der Waals surface area contributed by atoms with E-state index in [9.17, 15) is 34.5 Å². The molecule has 69 heavy (non-hydrogen) atoms. The fourth-order valence-corrected chi connectivity index (χ4v) is 8.34. The molecule has 0 aromatic carbocycles. The second-order valence-electron chi connectivity index (χ2n) is 19.2. The van der Waals surface area contributed by atoms with Crippen LogP contribution in [0, 0.1) is 0 Å². The van der Waals surface area contributed by atoms with Gasteiger partial charge in [0.15, 0.2) is 24.6 Å². The maximum Gasteiger partial charge on any atom is 0.335 e. The van der Waals surface area contributed by atoms with Gasteiger partial charge in [-0.15, -0.1) is 0 Å². The predicted octanol–water partition coefficient (Wildman–Crippen LogP) is 13.7. The number of aliphatic carboxylic acids is 1. The molecule has 0 bridgehead atoms. The first-order chi connectivity index (χ1) is 33.6. The SMILES string of the molecule is CCC/C=C\C/C=C\CCCCCCCC(=O)OCC(COC1OC(C(=O)O)C(O)C(O)C1OC(=O)CCCCCCCCCCCCCCC)OC(=O)CCCCCCC/C=C\CCCCCC. The Morgan fingerprint density at radius 2 is 0.899 bits per heavy atom. The third kappa shape index (κ3) is 36.5. The summed E-state index contributed by atoms with van der Waals surface area (Å²) in [6, 6.07) is 0. The zero-order valence-corrected chi connectivity index (χ0v) is 43.8. The van der Waals surface area contributed by atoms with Crippen molar-refractivity contribution >= 4 is 23.9 Å². The van der Waals surface area contributed by atoms with Crippen molar-refractivity contribution in [2.24, 2.45) is 0 Å². The van der Waals surface area contributed by atoms with Crippen molar-refractivity contribution < 1.29 is 58.2 Å². The number of hydrogen-bond acceptors (Lipinski definition) is 11. The lowest BCUT2D eigenvalue weighted by Gasteiger charge is -2.40. The van der Waals surface area contributed by atoms with Gasteiger partial charge < -0.3 is 39.0 Å². The van der Waals surface area contributed by atoms with Crippen LogP contribution in [0.4, 0.5) is 0 Å². The summed E-state index contributed by atoms with van der Waals surface area (Å²) in [4.78, 5) is 50.9. The lowest BCUT2D eigenvalue weighted by atomic mass is 9.98. The summed E-state index contributed by atoms with van der Waals surface area (Å²) < 4.78 is 28.3. The number of carbonyl (C=O) groups excluding carboxylic acids is 3. The Balaban J connectivity index is 2.72. The monoisotopic (exact) mass is 977 g/mol. The quantitative estimate of drug-likeness (QED) is 0.0228. The molecule has 0 radical (unpaired) electrons. The number of carboxylic acids is 1. The summed E-state index contributed by atoms with van der Waals surface area (Å²) in [5.41, 5.74) is 0. The van der Waals surface area contributed by atoms with E-state index in [-0.39, 0.29) is 25.9 Å². The number of esters is 3. The van der Waals surface area contributed by atoms with E-state index < -0.39 is 67.3 Å². The molecule has 0 spiro atoms. The van der Waals surface area contributed by atoms with E-state index in [4.69, 9.17) is 23.7 Å². The van der Waals surface area contributed by atoms with E-state index in [0.29, 0.717) is 19.3 Å². The number of ether oxygens (including phenoxy) is 5. The van der Waals surface area contributed by atoms with Crippen LogP contribution < -0.4 is 0 Å². The molecule has 1 heterocycles. The highest BCUT2D eigenvalue weighted by Crippen LogP contribution is 2.26. The van der Waals surface area contributed by atoms with E-state index in [2.05, 4.69) is 57.2 Å². The van der Waals surface area contributed by atoms with Gasteiger partial charge in [0.2, 0.25) is 0 Å². The van der Waals surface area contributed by atoms with Crippen LogP contribution in [0.1, 0.15) is 252 Å². The third-order valence-electron chi connectivity index (χ3n) is 12.7. The summed E-state index contributed by atoms with van der Waals surface area (Å²) in [6.07, 6.45) is 39.8. The Bertz CT molecular complexity index is 1350. The zero-order valence-electron chi connectivity index (χ0n) is 43.8. The molecule has 0 saturated carbocycles. The summed E-state index contributed by atoms with van der Waals surface area (Å²) in [5.74, 6) is -3.13. The van der Waals surface area contributed by atoms with Gasteiger partial charge in [-0.3, -0.25) is 14.4 Å². The van der Waals surface area contributed by atoms with Gasteiger partial charge in [0, 0.05) is 19.3 Å². The Labute approximate surface area is 419 Å². The second kappa shape index (κ2) is 46.0. The lowest BCUT2D eigenvalue weighted by molar-refractivity contribution is -0.301. The number of unbranched alkanes of at least 4 members (excludes halogenated alkanes) is 27. The molecule has 0 amide bonds. The number of rotatable bonds is 47. The van der Waals surface area contributed by atoms with E-state index in [1.165, 1.54) is 77.0 Å². The van der Waals surface area contributed by atoms with Gasteiger partial charge in [0.25, 0.3) is 0 Å². The highest BCUT2D eigenvalue weighted by atomic mass is 16.7. The molecule has 1 aliphatic heterocycles. The van der Waals surface area contributed by atoms with E-state index in [1.54, 1.807) is 0 Å². The first-order valence-electron chi connectivity index (χ1n) is 28.0. The molecule has 1 rings (SSSR count). The predicted molar refractivity (Wildman–Crippen MR) is 276 cm³/mol. The van der Waals surface area contributed by atoms with E-state index >= 15 is 0 Å². The molecule has 12 heteroatoms. The average Bonchev–Trinajstić information content (AvgIpc) is 3.33. The van der Waals surface area contributed by atoms with E-state index in [0.717, 1.165) is 116 Å². The molecule has 0 aromatic rings. The van der Waals surface area contributed by atoms with Gasteiger partial charge in [-0.2, -0.15) is 0 Å². The Hall–Kier alpha value is -3.06. The normalized spacial score (nSPS) is 18.9. The average molecular weight is 977 g/mol. The Morgan fingerprint density at radius 3 is 1.39 bits per heavy atom. The number of carbonyl (C=O) groups is 4. The molecule has 12 nitrogen and oxygen atoms in total. The molecule has 3 N–H and O–H groups in total. The topological polar surface area (TPSA) is 175 Å². The van der Waals surface area contributed by atoms with Crippen molar-refractivity contribution in [1.29, 1.82) is 0 Å². The molecule has 400 valence electrons. The second-order valence-corrected chi connectivity index (χ2v) is 19.2. The highest BCUT2D eigenvalue weighted by molar-refractivity contribution is 5.74. The van der Waals surface area contributed by atoms with Crippen LogP contribution in [0.2, 0.25) is 0 Å².